The fraction of sp³-hybridized carbons (Fsp3) is 0.588. The van der Waals surface area contributed by atoms with E-state index in [1.165, 1.54) is 0 Å². The molecular formula is C17H24N4O4. The van der Waals surface area contributed by atoms with Gasteiger partial charge in [0.1, 0.15) is 18.4 Å². The molecule has 4 N–H and O–H groups in total. The first-order valence-corrected chi connectivity index (χ1v) is 8.46. The highest BCUT2D eigenvalue weighted by Crippen LogP contribution is 2.44. The summed E-state index contributed by atoms with van der Waals surface area (Å²) in [4.78, 5) is 19.4. The summed E-state index contributed by atoms with van der Waals surface area (Å²) in [6.07, 6.45) is 1.77. The highest BCUT2D eigenvalue weighted by atomic mass is 16.6. The Morgan fingerprint density at radius 1 is 1.52 bits per heavy atom. The number of aliphatic hydroxyl groups excluding tert-OH is 2. The van der Waals surface area contributed by atoms with E-state index in [1.807, 2.05) is 4.57 Å². The molecule has 1 aliphatic carbocycles. The van der Waals surface area contributed by atoms with Gasteiger partial charge in [-0.15, -0.1) is 0 Å². The zero-order valence-electron chi connectivity index (χ0n) is 14.4. The highest BCUT2D eigenvalue weighted by Gasteiger charge is 2.38. The van der Waals surface area contributed by atoms with Gasteiger partial charge in [0.25, 0.3) is 0 Å². The van der Waals surface area contributed by atoms with Gasteiger partial charge < -0.3 is 30.0 Å². The summed E-state index contributed by atoms with van der Waals surface area (Å²) in [5, 5.41) is 19.6. The number of carbonyl (C=O) groups is 1. The van der Waals surface area contributed by atoms with Crippen LogP contribution in [0.25, 0.3) is 11.0 Å². The predicted octanol–water partition coefficient (Wildman–Crippen LogP) is 0.452. The van der Waals surface area contributed by atoms with Crippen LogP contribution in [-0.4, -0.2) is 50.5 Å². The van der Waals surface area contributed by atoms with Crippen molar-refractivity contribution >= 4 is 23.1 Å². The summed E-state index contributed by atoms with van der Waals surface area (Å²) in [5.74, 6) is 0.364. The number of hydrogen-bond donors (Lipinski definition) is 3. The number of aldehydes is 1. The van der Waals surface area contributed by atoms with E-state index in [0.717, 1.165) is 16.8 Å². The molecule has 0 saturated carbocycles. The van der Waals surface area contributed by atoms with Gasteiger partial charge >= 0.3 is 0 Å². The molecule has 4 atom stereocenters. The van der Waals surface area contributed by atoms with Gasteiger partial charge in [-0.05, 0) is 18.3 Å². The van der Waals surface area contributed by atoms with Crippen molar-refractivity contribution in [2.24, 2.45) is 11.8 Å². The van der Waals surface area contributed by atoms with Crippen LogP contribution in [0.1, 0.15) is 31.0 Å². The molecule has 8 nitrogen and oxygen atoms in total. The average molecular weight is 348 g/mol. The van der Waals surface area contributed by atoms with Gasteiger partial charge in [-0.3, -0.25) is 0 Å². The number of rotatable bonds is 6. The molecule has 2 heterocycles. The van der Waals surface area contributed by atoms with Crippen molar-refractivity contribution in [3.63, 3.8) is 0 Å². The van der Waals surface area contributed by atoms with Crippen LogP contribution >= 0.6 is 0 Å². The van der Waals surface area contributed by atoms with E-state index in [1.54, 1.807) is 6.33 Å². The van der Waals surface area contributed by atoms with E-state index in [0.29, 0.717) is 30.6 Å². The van der Waals surface area contributed by atoms with Gasteiger partial charge in [0, 0.05) is 23.7 Å². The lowest BCUT2D eigenvalue weighted by Gasteiger charge is -2.38. The third-order valence-corrected chi connectivity index (χ3v) is 5.29. The third-order valence-electron chi connectivity index (χ3n) is 5.29. The van der Waals surface area contributed by atoms with Gasteiger partial charge in [0.2, 0.25) is 0 Å². The van der Waals surface area contributed by atoms with Crippen molar-refractivity contribution in [3.8, 4) is 0 Å². The fourth-order valence-corrected chi connectivity index (χ4v) is 3.82. The van der Waals surface area contributed by atoms with Crippen LogP contribution in [0.3, 0.4) is 0 Å². The highest BCUT2D eigenvalue weighted by molar-refractivity contribution is 5.89. The van der Waals surface area contributed by atoms with Gasteiger partial charge in [0.05, 0.1) is 18.5 Å². The van der Waals surface area contributed by atoms with Gasteiger partial charge in [-0.1, -0.05) is 13.8 Å². The average Bonchev–Trinajstić information content (AvgIpc) is 3.00. The lowest BCUT2D eigenvalue weighted by molar-refractivity contribution is -0.153. The van der Waals surface area contributed by atoms with Crippen molar-refractivity contribution in [1.29, 1.82) is 0 Å². The Kier molecular flexibility index (Phi) is 5.03. The first-order valence-electron chi connectivity index (χ1n) is 8.46. The van der Waals surface area contributed by atoms with E-state index in [4.69, 9.17) is 10.5 Å². The van der Waals surface area contributed by atoms with Crippen LogP contribution in [0.15, 0.2) is 6.33 Å². The summed E-state index contributed by atoms with van der Waals surface area (Å²) in [6.45, 7) is 4.44. The summed E-state index contributed by atoms with van der Waals surface area (Å²) in [5.41, 5.74) is 9.49. The number of nitrogen functional groups attached to an aromatic ring is 1. The number of imidazole rings is 1. The van der Waals surface area contributed by atoms with Crippen LogP contribution in [0.4, 0.5) is 5.82 Å². The Balaban J connectivity index is 2.07. The molecule has 0 spiro atoms. The van der Waals surface area contributed by atoms with Crippen molar-refractivity contribution in [1.82, 2.24) is 14.5 Å². The van der Waals surface area contributed by atoms with E-state index >= 15 is 0 Å². The van der Waals surface area contributed by atoms with E-state index in [2.05, 4.69) is 23.8 Å². The maximum atomic E-state index is 10.5. The lowest BCUT2D eigenvalue weighted by Crippen LogP contribution is -2.37. The molecular weight excluding hydrogens is 324 g/mol. The number of carbonyl (C=O) groups excluding carboxylic acids is 1. The molecule has 0 radical (unpaired) electrons. The second kappa shape index (κ2) is 7.07. The number of aliphatic hydroxyl groups is 2. The Labute approximate surface area is 145 Å². The number of nitrogens with zero attached hydrogens (tertiary/aromatic N) is 3. The van der Waals surface area contributed by atoms with Gasteiger partial charge in [0.15, 0.2) is 12.1 Å². The largest absolute Gasteiger partial charge is 0.395 e. The summed E-state index contributed by atoms with van der Waals surface area (Å²) in [6, 6.07) is 0. The fourth-order valence-electron chi connectivity index (χ4n) is 3.82. The molecule has 0 bridgehead atoms. The molecule has 0 aromatic carbocycles. The van der Waals surface area contributed by atoms with Crippen molar-refractivity contribution in [2.45, 2.75) is 39.0 Å². The maximum absolute atomic E-state index is 10.5. The zero-order chi connectivity index (χ0) is 18.1. The molecule has 1 aliphatic rings. The topological polar surface area (TPSA) is 123 Å². The van der Waals surface area contributed by atoms with Crippen LogP contribution in [-0.2, 0) is 22.5 Å². The molecule has 0 fully saturated rings. The monoisotopic (exact) mass is 348 g/mol. The molecule has 2 aromatic rings. The summed E-state index contributed by atoms with van der Waals surface area (Å²) < 4.78 is 7.11. The number of pyridine rings is 1. The molecule has 3 rings (SSSR count). The zero-order valence-corrected chi connectivity index (χ0v) is 14.4. The summed E-state index contributed by atoms with van der Waals surface area (Å²) in [7, 11) is 0. The number of nitrogens with two attached hydrogens (primary N) is 1. The number of hydrogen-bond acceptors (Lipinski definition) is 7. The Morgan fingerprint density at radius 2 is 2.28 bits per heavy atom. The van der Waals surface area contributed by atoms with Gasteiger partial charge in [-0.2, -0.15) is 0 Å². The Hall–Kier alpha value is -2.03. The second-order valence-corrected chi connectivity index (χ2v) is 6.62. The smallest absolute Gasteiger partial charge is 0.158 e. The van der Waals surface area contributed by atoms with Crippen LogP contribution in [0.5, 0.6) is 0 Å². The van der Waals surface area contributed by atoms with Crippen LogP contribution in [0.2, 0.25) is 0 Å². The Bertz CT molecular complexity index is 776. The molecule has 8 heteroatoms. The quantitative estimate of drug-likeness (QED) is 0.511. The molecule has 2 aromatic heterocycles. The van der Waals surface area contributed by atoms with E-state index in [-0.39, 0.29) is 31.0 Å². The normalized spacial score (nSPS) is 24.2. The standard InChI is InChI=1S/C17H24N4O4/c1-9-10(2)13-12(7-11(9)17(24)25-6-5-23)20-16(18)14-15(13)21(3-4-22)8-19-14/h5,8-11,17,22,24H,3-4,6-7H2,1-2H3,(H2,18,20). The van der Waals surface area contributed by atoms with Crippen LogP contribution in [0, 0.1) is 11.8 Å². The molecule has 136 valence electrons. The number of fused-ring (bicyclic) bond motifs is 3. The molecule has 0 saturated heterocycles. The minimum absolute atomic E-state index is 0.00721. The predicted molar refractivity (Wildman–Crippen MR) is 91.8 cm³/mol. The van der Waals surface area contributed by atoms with Crippen LogP contribution < -0.4 is 5.73 Å². The van der Waals surface area contributed by atoms with Gasteiger partial charge in [-0.25, -0.2) is 9.97 Å². The third kappa shape index (κ3) is 3.01. The van der Waals surface area contributed by atoms with E-state index in [9.17, 15) is 15.0 Å². The SMILES string of the molecule is CC1c2c(nc(N)c3ncn(CCO)c23)CC(C(O)OCC=O)C1C. The molecule has 0 amide bonds. The first-order chi connectivity index (χ1) is 12.0. The lowest BCUT2D eigenvalue weighted by atomic mass is 9.71. The second-order valence-electron chi connectivity index (χ2n) is 6.62. The molecule has 0 aliphatic heterocycles. The van der Waals surface area contributed by atoms with Crippen molar-refractivity contribution in [3.05, 3.63) is 17.6 Å². The Morgan fingerprint density at radius 3 is 2.96 bits per heavy atom. The summed E-state index contributed by atoms with van der Waals surface area (Å²) >= 11 is 0. The van der Waals surface area contributed by atoms with Crippen molar-refractivity contribution in [2.75, 3.05) is 18.9 Å². The number of aromatic nitrogens is 3. The first kappa shape index (κ1) is 17.8. The number of anilines is 1. The van der Waals surface area contributed by atoms with Crippen molar-refractivity contribution < 1.29 is 19.7 Å². The molecule has 25 heavy (non-hydrogen) atoms. The number of ether oxygens (including phenoxy) is 1. The minimum atomic E-state index is -1.03. The molecule has 4 unspecified atom stereocenters. The minimum Gasteiger partial charge on any atom is -0.395 e. The van der Waals surface area contributed by atoms with E-state index < -0.39 is 6.29 Å². The maximum Gasteiger partial charge on any atom is 0.158 e.